The molecule has 0 aromatic carbocycles. The lowest BCUT2D eigenvalue weighted by Gasteiger charge is -2.00. The summed E-state index contributed by atoms with van der Waals surface area (Å²) in [4.78, 5) is 0. The zero-order chi connectivity index (χ0) is 7.11. The van der Waals surface area contributed by atoms with Crippen LogP contribution in [-0.4, -0.2) is 19.6 Å². The molecule has 0 saturated heterocycles. The Morgan fingerprint density at radius 3 is 2.78 bits per heavy atom. The van der Waals surface area contributed by atoms with Gasteiger partial charge in [-0.05, 0) is 12.8 Å². The van der Waals surface area contributed by atoms with Crippen LogP contribution in [0.3, 0.4) is 0 Å². The molecule has 0 fully saturated rings. The van der Waals surface area contributed by atoms with Gasteiger partial charge in [0, 0.05) is 5.75 Å². The summed E-state index contributed by atoms with van der Waals surface area (Å²) in [5, 5.41) is 8.10. The zero-order valence-electron chi connectivity index (χ0n) is 4.95. The van der Waals surface area contributed by atoms with Crippen molar-refractivity contribution in [2.75, 3.05) is 5.75 Å². The Kier molecular flexibility index (Phi) is 5.56. The quantitative estimate of drug-likeness (QED) is 0.364. The van der Waals surface area contributed by atoms with Crippen LogP contribution in [-0.2, 0) is 11.1 Å². The highest BCUT2D eigenvalue weighted by Crippen LogP contribution is 1.90. The van der Waals surface area contributed by atoms with Crippen molar-refractivity contribution in [3.05, 3.63) is 12.3 Å². The van der Waals surface area contributed by atoms with Crippen LogP contribution in [0.25, 0.3) is 0 Å². The fourth-order valence-corrected chi connectivity index (χ4v) is 0.796. The van der Waals surface area contributed by atoms with Crippen LogP contribution in [0.15, 0.2) is 12.3 Å². The molecule has 1 unspecified atom stereocenters. The molecule has 0 spiro atoms. The summed E-state index contributed by atoms with van der Waals surface area (Å²) < 4.78 is 19.8. The fourth-order valence-electron chi connectivity index (χ4n) is 0.394. The van der Waals surface area contributed by atoms with Crippen LogP contribution < -0.4 is 0 Å². The molecule has 1 N–H and O–H groups in total. The number of aliphatic hydroxyl groups excluding tert-OH is 1. The van der Waals surface area contributed by atoms with Crippen molar-refractivity contribution in [3.8, 4) is 0 Å². The van der Waals surface area contributed by atoms with Crippen LogP contribution in [0.1, 0.15) is 12.8 Å². The molecule has 0 aliphatic rings. The van der Waals surface area contributed by atoms with Gasteiger partial charge >= 0.3 is 0 Å². The molecular formula is C5H9O3S-. The first-order chi connectivity index (χ1) is 4.27. The number of allylic oxidation sites excluding steroid dienone is 1. The van der Waals surface area contributed by atoms with E-state index in [1.165, 1.54) is 6.08 Å². The maximum absolute atomic E-state index is 9.88. The monoisotopic (exact) mass is 149 g/mol. The summed E-state index contributed by atoms with van der Waals surface area (Å²) in [6.07, 6.45) is 3.64. The molecule has 4 heteroatoms. The molecule has 54 valence electrons. The Balaban J connectivity index is 3.01. The Morgan fingerprint density at radius 1 is 1.67 bits per heavy atom. The third-order valence-electron chi connectivity index (χ3n) is 0.787. The Hall–Kier alpha value is -0.350. The highest BCUT2D eigenvalue weighted by molar-refractivity contribution is 7.79. The second-order valence-electron chi connectivity index (χ2n) is 1.53. The molecule has 0 aliphatic carbocycles. The molecule has 0 amide bonds. The van der Waals surface area contributed by atoms with Crippen molar-refractivity contribution < 1.29 is 13.9 Å². The fraction of sp³-hybridized carbons (Fsp3) is 0.600. The van der Waals surface area contributed by atoms with E-state index in [0.717, 1.165) is 6.26 Å². The van der Waals surface area contributed by atoms with E-state index >= 15 is 0 Å². The summed E-state index contributed by atoms with van der Waals surface area (Å²) in [5.74, 6) is 0.171. The number of hydrogen-bond acceptors (Lipinski definition) is 3. The van der Waals surface area contributed by atoms with Crippen molar-refractivity contribution >= 4 is 11.1 Å². The standard InChI is InChI=1S/C5H10O3S/c6-4-2-1-3-5-9(7)8/h2,4,6H,1,3,5H2,(H,7,8)/p-1. The van der Waals surface area contributed by atoms with Crippen LogP contribution in [0.2, 0.25) is 0 Å². The molecule has 1 atom stereocenters. The van der Waals surface area contributed by atoms with Crippen LogP contribution in [0.4, 0.5) is 0 Å². The van der Waals surface area contributed by atoms with E-state index in [1.54, 1.807) is 0 Å². The minimum absolute atomic E-state index is 0.171. The molecule has 0 aromatic rings. The first-order valence-corrected chi connectivity index (χ1v) is 3.87. The summed E-state index contributed by atoms with van der Waals surface area (Å²) in [7, 11) is 0. The van der Waals surface area contributed by atoms with Gasteiger partial charge in [0.25, 0.3) is 0 Å². The molecule has 0 radical (unpaired) electrons. The molecular weight excluding hydrogens is 140 g/mol. The largest absolute Gasteiger partial charge is 0.772 e. The molecule has 3 nitrogen and oxygen atoms in total. The van der Waals surface area contributed by atoms with E-state index in [1.807, 2.05) is 0 Å². The summed E-state index contributed by atoms with van der Waals surface area (Å²) in [6.45, 7) is 0. The lowest BCUT2D eigenvalue weighted by molar-refractivity contribution is 0.470. The molecule has 0 bridgehead atoms. The smallest absolute Gasteiger partial charge is 0.0751 e. The Labute approximate surface area is 56.7 Å². The summed E-state index contributed by atoms with van der Waals surface area (Å²) in [5.41, 5.74) is 0. The number of unbranched alkanes of at least 4 members (excludes halogenated alkanes) is 1. The van der Waals surface area contributed by atoms with Gasteiger partial charge in [0.15, 0.2) is 0 Å². The van der Waals surface area contributed by atoms with Gasteiger partial charge in [0.05, 0.1) is 6.26 Å². The van der Waals surface area contributed by atoms with Crippen molar-refractivity contribution in [2.24, 2.45) is 0 Å². The first-order valence-electron chi connectivity index (χ1n) is 2.62. The Morgan fingerprint density at radius 2 is 2.33 bits per heavy atom. The third kappa shape index (κ3) is 7.65. The van der Waals surface area contributed by atoms with E-state index in [9.17, 15) is 8.76 Å². The maximum Gasteiger partial charge on any atom is 0.0751 e. The van der Waals surface area contributed by atoms with Gasteiger partial charge in [-0.1, -0.05) is 17.2 Å². The highest BCUT2D eigenvalue weighted by atomic mass is 32.2. The lowest BCUT2D eigenvalue weighted by atomic mass is 10.3. The predicted octanol–water partition coefficient (Wildman–Crippen LogP) is 0.717. The van der Waals surface area contributed by atoms with E-state index in [0.29, 0.717) is 12.8 Å². The molecule has 0 rings (SSSR count). The van der Waals surface area contributed by atoms with Gasteiger partial charge in [0.2, 0.25) is 0 Å². The molecule has 0 aliphatic heterocycles. The lowest BCUT2D eigenvalue weighted by Crippen LogP contribution is -1.93. The van der Waals surface area contributed by atoms with Crippen molar-refractivity contribution in [1.29, 1.82) is 0 Å². The zero-order valence-corrected chi connectivity index (χ0v) is 5.76. The van der Waals surface area contributed by atoms with E-state index in [4.69, 9.17) is 5.11 Å². The SMILES string of the molecule is O=S([O-])CCCC=CO. The van der Waals surface area contributed by atoms with Gasteiger partial charge in [-0.2, -0.15) is 0 Å². The van der Waals surface area contributed by atoms with Crippen LogP contribution in [0, 0.1) is 0 Å². The van der Waals surface area contributed by atoms with Gasteiger partial charge < -0.3 is 9.66 Å². The molecule has 9 heavy (non-hydrogen) atoms. The minimum Gasteiger partial charge on any atom is -0.772 e. The van der Waals surface area contributed by atoms with Crippen molar-refractivity contribution in [1.82, 2.24) is 0 Å². The maximum atomic E-state index is 9.88. The summed E-state index contributed by atoms with van der Waals surface area (Å²) >= 11 is -1.93. The highest BCUT2D eigenvalue weighted by Gasteiger charge is 1.82. The van der Waals surface area contributed by atoms with Gasteiger partial charge in [-0.15, -0.1) is 0 Å². The van der Waals surface area contributed by atoms with Crippen molar-refractivity contribution in [3.63, 3.8) is 0 Å². The Bertz CT molecular complexity index is 111. The number of rotatable bonds is 4. The number of aliphatic hydroxyl groups is 1. The van der Waals surface area contributed by atoms with Gasteiger partial charge in [0.1, 0.15) is 0 Å². The average molecular weight is 149 g/mol. The van der Waals surface area contributed by atoms with Gasteiger partial charge in [-0.25, -0.2) is 0 Å². The predicted molar refractivity (Wildman–Crippen MR) is 34.8 cm³/mol. The minimum atomic E-state index is -1.93. The second-order valence-corrected chi connectivity index (χ2v) is 2.55. The second kappa shape index (κ2) is 5.78. The number of hydrogen-bond donors (Lipinski definition) is 1. The van der Waals surface area contributed by atoms with Crippen molar-refractivity contribution in [2.45, 2.75) is 12.8 Å². The molecule has 0 saturated carbocycles. The van der Waals surface area contributed by atoms with E-state index < -0.39 is 11.1 Å². The van der Waals surface area contributed by atoms with Gasteiger partial charge in [-0.3, -0.25) is 4.21 Å². The third-order valence-corrected chi connectivity index (χ3v) is 1.41. The van der Waals surface area contributed by atoms with E-state index in [-0.39, 0.29) is 5.75 Å². The van der Waals surface area contributed by atoms with Crippen LogP contribution >= 0.6 is 0 Å². The molecule has 0 aromatic heterocycles. The van der Waals surface area contributed by atoms with Crippen LogP contribution in [0.5, 0.6) is 0 Å². The molecule has 0 heterocycles. The topological polar surface area (TPSA) is 60.4 Å². The first kappa shape index (κ1) is 8.65. The normalized spacial score (nSPS) is 14.3. The van der Waals surface area contributed by atoms with E-state index in [2.05, 4.69) is 0 Å². The average Bonchev–Trinajstić information content (AvgIpc) is 1.80. The summed E-state index contributed by atoms with van der Waals surface area (Å²) in [6, 6.07) is 0.